The van der Waals surface area contributed by atoms with Crippen LogP contribution in [0.3, 0.4) is 0 Å². The third kappa shape index (κ3) is 29.0. The second-order valence-electron chi connectivity index (χ2n) is 35.2. The fourth-order valence-corrected chi connectivity index (χ4v) is 19.6. The average molecular weight is 1740 g/mol. The van der Waals surface area contributed by atoms with Crippen LogP contribution in [0.5, 0.6) is 0 Å². The number of carboxylic acids is 3. The number of rotatable bonds is 44. The van der Waals surface area contributed by atoms with E-state index in [-0.39, 0.29) is 195 Å². The van der Waals surface area contributed by atoms with Crippen molar-refractivity contribution in [2.45, 2.75) is 193 Å². The summed E-state index contributed by atoms with van der Waals surface area (Å²) in [5, 5.41) is 56.6. The number of aromatic amines is 2. The largest absolute Gasteiger partial charge is 0.480 e. The molecule has 0 bridgehead atoms. The van der Waals surface area contributed by atoms with Gasteiger partial charge in [-0.25, -0.2) is 4.98 Å². The molecule has 1 aromatic carbocycles. The summed E-state index contributed by atoms with van der Waals surface area (Å²) in [5.74, 6) is -10.8. The van der Waals surface area contributed by atoms with Crippen LogP contribution in [0.25, 0.3) is 10.9 Å². The Bertz CT molecular complexity index is 4170. The van der Waals surface area contributed by atoms with Gasteiger partial charge in [0.15, 0.2) is 0 Å². The summed E-state index contributed by atoms with van der Waals surface area (Å²) in [4.78, 5) is 231. The number of benzene rings is 1. The number of nitrogens with one attached hydrogen (secondary N) is 12. The smallest absolute Gasteiger partial charge is 0.317 e. The number of para-hydroxylation sites is 1. The highest BCUT2D eigenvalue weighted by atomic mass is 32.2. The lowest BCUT2D eigenvalue weighted by atomic mass is 9.44. The fraction of sp³-hybridized carbons (Fsp3) is 0.679. The van der Waals surface area contributed by atoms with Crippen LogP contribution in [0.15, 0.2) is 43.0 Å². The Hall–Kier alpha value is -10.1. The maximum absolute atomic E-state index is 15.0. The maximum atomic E-state index is 15.0. The first-order valence-electron chi connectivity index (χ1n) is 42.9. The van der Waals surface area contributed by atoms with Crippen LogP contribution in [0.1, 0.15) is 150 Å². The number of aliphatic carboxylic acids is 3. The first-order chi connectivity index (χ1) is 58.3. The number of nitrogens with two attached hydrogens (primary N) is 2. The van der Waals surface area contributed by atoms with Crippen molar-refractivity contribution >= 4 is 117 Å². The van der Waals surface area contributed by atoms with Gasteiger partial charge in [-0.15, -0.1) is 0 Å². The van der Waals surface area contributed by atoms with E-state index >= 15 is 4.79 Å². The van der Waals surface area contributed by atoms with E-state index in [0.29, 0.717) is 42.7 Å². The summed E-state index contributed by atoms with van der Waals surface area (Å²) in [6.45, 7) is 12.5. The van der Waals surface area contributed by atoms with E-state index < -0.39 is 144 Å². The Labute approximate surface area is 721 Å². The predicted octanol–water partition coefficient (Wildman–Crippen LogP) is -0.646. The topological polar surface area (TPSA) is 564 Å². The molecule has 1 aliphatic heterocycles. The Morgan fingerprint density at radius 3 is 1.72 bits per heavy atom. The molecule has 8 rings (SSSR count). The molecule has 680 valence electrons. The molecule has 3 heterocycles. The highest BCUT2D eigenvalue weighted by molar-refractivity contribution is 7.98. The number of Topliss-reactive ketones (excluding diaryl/α,β-unsaturated/α-hetero) is 1. The number of H-pyrrole nitrogens is 2. The molecule has 1 saturated heterocycles. The molecule has 11 unspecified atom stereocenters. The summed E-state index contributed by atoms with van der Waals surface area (Å²) in [6, 6.07) is -0.370. The lowest BCUT2D eigenvalue weighted by Gasteiger charge is -2.60. The van der Waals surface area contributed by atoms with E-state index in [4.69, 9.17) is 11.5 Å². The van der Waals surface area contributed by atoms with Gasteiger partial charge in [0.05, 0.1) is 57.8 Å². The first-order valence-corrected chi connectivity index (χ1v) is 44.3. The molecule has 0 radical (unpaired) electrons. The molecule has 2 aromatic heterocycles. The quantitative estimate of drug-likeness (QED) is 0.0335. The Kier molecular flexibility index (Phi) is 37.2. The van der Waals surface area contributed by atoms with Gasteiger partial charge >= 0.3 is 17.9 Å². The number of carbonyl (C=O) groups is 16. The van der Waals surface area contributed by atoms with Gasteiger partial charge in [-0.3, -0.25) is 96.3 Å². The van der Waals surface area contributed by atoms with Gasteiger partial charge in [-0.05, 0) is 147 Å². The van der Waals surface area contributed by atoms with Crippen LogP contribution in [-0.4, -0.2) is 297 Å². The monoisotopic (exact) mass is 1740 g/mol. The van der Waals surface area contributed by atoms with Crippen molar-refractivity contribution in [3.05, 3.63) is 54.2 Å². The van der Waals surface area contributed by atoms with Gasteiger partial charge in [-0.1, -0.05) is 66.7 Å². The summed E-state index contributed by atoms with van der Waals surface area (Å²) < 4.78 is 0. The molecule has 12 amide bonds. The molecular weight excluding hydrogens is 1610 g/mol. The van der Waals surface area contributed by atoms with E-state index in [9.17, 15) is 87.2 Å². The van der Waals surface area contributed by atoms with Crippen LogP contribution >= 0.6 is 11.8 Å². The number of carbonyl (C=O) groups excluding carboxylic acids is 13. The zero-order valence-electron chi connectivity index (χ0n) is 72.0. The number of thioether (sulfide) groups is 1. The maximum Gasteiger partial charge on any atom is 0.317 e. The fourth-order valence-electron chi connectivity index (χ4n) is 19.1. The molecule has 0 spiro atoms. The summed E-state index contributed by atoms with van der Waals surface area (Å²) in [7, 11) is 0. The highest BCUT2D eigenvalue weighted by Gasteiger charge is 2.64. The van der Waals surface area contributed by atoms with Crippen molar-refractivity contribution in [3.63, 3.8) is 0 Å². The molecule has 38 nitrogen and oxygen atoms in total. The molecule has 5 aliphatic rings. The molecule has 4 aliphatic carbocycles. The molecule has 15 atom stereocenters. The standard InChI is InChI=1S/C84H129N19O19S/c1-48(2)33-63(80(120)96-61(77(86)117)22-32-123-8)97-81(121)65(36-54-39-87-47-92-54)95-70(108)41-91-82(122)76(49(3)4)99-71(109)42-90-78(118)64(34-51-38-88-60-12-10-9-11-55(51)60)98-79(119)62(18-19-67(85)105)94-68(106)20-13-50(5)57-16-17-58-56-15-14-52-35-53(21-23-83(52,6)59(56)37-66(104)84(57,58)7)93-69(107)40-89-72(110)43-100-24-26-101(44-73(111)112)28-30-103(46-75(115)116)31-29-102(27-25-100)45-74(113)114/h9-12,38-39,47-50,52-53,56-59,61-65,76,88H,13-37,40-46H2,1-8H3,(H2,85,105)(H2,86,117)(H,87,92)(H,89,110)(H,90,118)(H,91,122)(H,93,107)(H,94,106)(H,95,108)(H,96,120)(H,97,121)(H,98,119)(H,99,109)(H,111,112)(H,113,114)(H,115,116)/t50-,52?,53?,56?,57?,58?,59?,61+,62?,63?,64+,65+,76?,83?,84?/m1/s1. The molecule has 3 aromatic rings. The predicted molar refractivity (Wildman–Crippen MR) is 454 cm³/mol. The van der Waals surface area contributed by atoms with E-state index in [1.54, 1.807) is 45.7 Å². The van der Waals surface area contributed by atoms with Gasteiger partial charge in [-0.2, -0.15) is 11.8 Å². The Balaban J connectivity index is 0.828. The van der Waals surface area contributed by atoms with Crippen molar-refractivity contribution in [2.75, 3.05) is 110 Å². The summed E-state index contributed by atoms with van der Waals surface area (Å²) in [5.41, 5.74) is 12.1. The zero-order valence-corrected chi connectivity index (χ0v) is 72.8. The Morgan fingerprint density at radius 2 is 1.13 bits per heavy atom. The molecule has 4 saturated carbocycles. The SMILES string of the molecule is CSCC[C@H](NC(=O)C(CC(C)C)NC(=O)[C@H](Cc1c[nH]cn1)NC(=O)CNC(=O)C(NC(=O)CNC(=O)[C@H](Cc1c[nH]c2ccccc12)NC(=O)C(CCC(N)=O)NC(=O)CC[C@@H](C)C1CCC2C3CCC4CC(NC(=O)CNC(=O)CN5CCN(CC(=O)O)CCN(CC(=O)O)CCN(CC(=O)O)CC5)CCC4(C)C3CC(=O)C21C)C(C)C)C(N)=O. The van der Waals surface area contributed by atoms with Crippen molar-refractivity contribution in [2.24, 2.45) is 69.6 Å². The van der Waals surface area contributed by atoms with Gasteiger partial charge in [0.1, 0.15) is 42.0 Å². The van der Waals surface area contributed by atoms with E-state index in [1.165, 1.54) is 24.3 Å². The van der Waals surface area contributed by atoms with E-state index in [0.717, 1.165) is 43.0 Å². The number of nitrogens with zero attached hydrogens (tertiary/aromatic N) is 5. The average Bonchev–Trinajstić information content (AvgIpc) is 1.67. The number of ketones is 1. The zero-order chi connectivity index (χ0) is 90.0. The number of carboxylic acid groups (broad SMARTS) is 3. The van der Waals surface area contributed by atoms with E-state index in [2.05, 4.69) is 88.9 Å². The van der Waals surface area contributed by atoms with Crippen LogP contribution < -0.4 is 64.6 Å². The van der Waals surface area contributed by atoms with Crippen molar-refractivity contribution < 1.29 is 92.0 Å². The third-order valence-electron chi connectivity index (χ3n) is 25.7. The minimum absolute atomic E-state index is 0.0410. The second kappa shape index (κ2) is 46.6. The van der Waals surface area contributed by atoms with Gasteiger partial charge < -0.3 is 89.9 Å². The van der Waals surface area contributed by atoms with Crippen LogP contribution in [0.4, 0.5) is 0 Å². The molecule has 39 heteroatoms. The minimum atomic E-state index is -1.39. The van der Waals surface area contributed by atoms with Crippen molar-refractivity contribution in [3.8, 4) is 0 Å². The number of aromatic nitrogens is 3. The lowest BCUT2D eigenvalue weighted by Crippen LogP contribution is -2.58. The lowest BCUT2D eigenvalue weighted by molar-refractivity contribution is -0.158. The molecule has 123 heavy (non-hydrogen) atoms. The molecule has 5 fully saturated rings. The van der Waals surface area contributed by atoms with Crippen molar-refractivity contribution in [1.29, 1.82) is 0 Å². The van der Waals surface area contributed by atoms with E-state index in [1.807, 2.05) is 38.3 Å². The number of amides is 12. The van der Waals surface area contributed by atoms with Crippen LogP contribution in [0.2, 0.25) is 0 Å². The summed E-state index contributed by atoms with van der Waals surface area (Å²) >= 11 is 1.46. The van der Waals surface area contributed by atoms with Gasteiger partial charge in [0, 0.05) is 119 Å². The second-order valence-corrected chi connectivity index (χ2v) is 36.1. The minimum Gasteiger partial charge on any atom is -0.480 e. The number of fused-ring (bicyclic) bond motifs is 6. The van der Waals surface area contributed by atoms with Gasteiger partial charge in [0.2, 0.25) is 70.9 Å². The molecule has 19 N–H and O–H groups in total. The first kappa shape index (κ1) is 98.3. The number of primary amides is 2. The number of hydrogen-bond acceptors (Lipinski definition) is 22. The van der Waals surface area contributed by atoms with Crippen LogP contribution in [-0.2, 0) is 89.6 Å². The van der Waals surface area contributed by atoms with Gasteiger partial charge in [0.25, 0.3) is 0 Å². The Morgan fingerprint density at radius 1 is 0.569 bits per heavy atom. The number of imidazole rings is 1. The number of hydrogen-bond donors (Lipinski definition) is 17. The van der Waals surface area contributed by atoms with Crippen LogP contribution in [0, 0.1) is 58.2 Å². The third-order valence-corrected chi connectivity index (χ3v) is 26.3. The summed E-state index contributed by atoms with van der Waals surface area (Å²) in [6.07, 6.45) is 12.4. The highest BCUT2D eigenvalue weighted by Crippen LogP contribution is 2.67. The molecular formula is C84H129N19O19S. The van der Waals surface area contributed by atoms with Crippen molar-refractivity contribution in [1.82, 2.24) is 87.7 Å². The normalized spacial score (nSPS) is 23.3.